The predicted molar refractivity (Wildman–Crippen MR) is 72.9 cm³/mol. The summed E-state index contributed by atoms with van der Waals surface area (Å²) in [5, 5.41) is 3.11. The van der Waals surface area contributed by atoms with E-state index in [-0.39, 0.29) is 5.82 Å². The molecule has 1 unspecified atom stereocenters. The number of halogens is 3. The molecule has 0 bridgehead atoms. The molecule has 0 aliphatic carbocycles. The first-order valence-corrected chi connectivity index (χ1v) is 6.53. The topological polar surface area (TPSA) is 12.0 Å². The van der Waals surface area contributed by atoms with Gasteiger partial charge in [-0.05, 0) is 30.7 Å². The molecule has 2 rings (SSSR count). The van der Waals surface area contributed by atoms with Crippen molar-refractivity contribution in [1.82, 2.24) is 5.32 Å². The van der Waals surface area contributed by atoms with Gasteiger partial charge in [0.1, 0.15) is 17.5 Å². The molecule has 0 heterocycles. The summed E-state index contributed by atoms with van der Waals surface area (Å²) in [5.41, 5.74) is 0.846. The van der Waals surface area contributed by atoms with E-state index in [9.17, 15) is 13.2 Å². The highest BCUT2D eigenvalue weighted by molar-refractivity contribution is 5.26. The van der Waals surface area contributed by atoms with Crippen LogP contribution < -0.4 is 5.32 Å². The molecular formula is C16H16F3N. The van der Waals surface area contributed by atoms with Crippen molar-refractivity contribution in [2.45, 2.75) is 19.4 Å². The Bertz CT molecular complexity index is 584. The summed E-state index contributed by atoms with van der Waals surface area (Å²) >= 11 is 0. The minimum absolute atomic E-state index is 0.309. The maximum Gasteiger partial charge on any atom is 0.130 e. The number of likely N-dealkylation sites (N-methyl/N-ethyl adjacent to an activating group) is 1. The second-order valence-corrected chi connectivity index (χ2v) is 4.57. The van der Waals surface area contributed by atoms with E-state index in [1.165, 1.54) is 18.2 Å². The van der Waals surface area contributed by atoms with Crippen LogP contribution in [0.15, 0.2) is 42.5 Å². The van der Waals surface area contributed by atoms with E-state index in [2.05, 4.69) is 5.32 Å². The highest BCUT2D eigenvalue weighted by atomic mass is 19.1. The molecule has 106 valence electrons. The van der Waals surface area contributed by atoms with Gasteiger partial charge in [-0.25, -0.2) is 13.2 Å². The van der Waals surface area contributed by atoms with Crippen molar-refractivity contribution in [3.8, 4) is 0 Å². The van der Waals surface area contributed by atoms with Gasteiger partial charge in [-0.3, -0.25) is 0 Å². The second kappa shape index (κ2) is 6.57. The number of nitrogens with one attached hydrogen (secondary N) is 1. The van der Waals surface area contributed by atoms with Gasteiger partial charge in [0, 0.05) is 17.7 Å². The number of rotatable bonds is 5. The zero-order valence-electron chi connectivity index (χ0n) is 11.2. The zero-order chi connectivity index (χ0) is 14.5. The summed E-state index contributed by atoms with van der Waals surface area (Å²) in [5.74, 6) is -1.56. The molecule has 0 saturated carbocycles. The Balaban J connectivity index is 2.29. The van der Waals surface area contributed by atoms with Crippen LogP contribution in [0.2, 0.25) is 0 Å². The van der Waals surface area contributed by atoms with Gasteiger partial charge in [-0.1, -0.05) is 31.2 Å². The van der Waals surface area contributed by atoms with Crippen molar-refractivity contribution >= 4 is 0 Å². The lowest BCUT2D eigenvalue weighted by atomic mass is 9.98. The highest BCUT2D eigenvalue weighted by Crippen LogP contribution is 2.23. The molecule has 20 heavy (non-hydrogen) atoms. The van der Waals surface area contributed by atoms with E-state index >= 15 is 0 Å². The van der Waals surface area contributed by atoms with E-state index < -0.39 is 17.7 Å². The van der Waals surface area contributed by atoms with Gasteiger partial charge >= 0.3 is 0 Å². The third-order valence-electron chi connectivity index (χ3n) is 3.17. The summed E-state index contributed by atoms with van der Waals surface area (Å²) < 4.78 is 40.5. The molecule has 0 aliphatic heterocycles. The molecule has 2 aromatic rings. The van der Waals surface area contributed by atoms with E-state index in [1.54, 1.807) is 18.2 Å². The molecule has 0 aliphatic rings. The lowest BCUT2D eigenvalue weighted by molar-refractivity contribution is 0.492. The first kappa shape index (κ1) is 14.6. The summed E-state index contributed by atoms with van der Waals surface area (Å²) in [6.45, 7) is 2.49. The molecule has 2 aromatic carbocycles. The van der Waals surface area contributed by atoms with Crippen LogP contribution in [0.1, 0.15) is 24.1 Å². The van der Waals surface area contributed by atoms with Crippen LogP contribution in [-0.2, 0) is 6.42 Å². The van der Waals surface area contributed by atoms with Gasteiger partial charge in [0.2, 0.25) is 0 Å². The number of hydrogen-bond donors (Lipinski definition) is 1. The van der Waals surface area contributed by atoms with Crippen LogP contribution >= 0.6 is 0 Å². The SMILES string of the molecule is CCNC(Cc1ccccc1F)c1ccc(F)cc1F. The van der Waals surface area contributed by atoms with E-state index in [1.807, 2.05) is 6.92 Å². The third-order valence-corrected chi connectivity index (χ3v) is 3.17. The number of hydrogen-bond acceptors (Lipinski definition) is 1. The average Bonchev–Trinajstić information content (AvgIpc) is 2.41. The first-order chi connectivity index (χ1) is 9.61. The van der Waals surface area contributed by atoms with E-state index in [0.29, 0.717) is 24.1 Å². The standard InChI is InChI=1S/C16H16F3N/c1-2-20-16(9-11-5-3-4-6-14(11)18)13-8-7-12(17)10-15(13)19/h3-8,10,16,20H,2,9H2,1H3. The van der Waals surface area contributed by atoms with Crippen LogP contribution in [0.4, 0.5) is 13.2 Å². The molecule has 1 N–H and O–H groups in total. The Morgan fingerprint density at radius 1 is 1.00 bits per heavy atom. The fourth-order valence-corrected chi connectivity index (χ4v) is 2.21. The minimum atomic E-state index is -0.618. The quantitative estimate of drug-likeness (QED) is 0.872. The Kier molecular flexibility index (Phi) is 4.79. The van der Waals surface area contributed by atoms with Crippen LogP contribution in [0.3, 0.4) is 0 Å². The van der Waals surface area contributed by atoms with Gasteiger partial charge in [0.25, 0.3) is 0 Å². The average molecular weight is 279 g/mol. The molecular weight excluding hydrogens is 263 g/mol. The molecule has 1 nitrogen and oxygen atoms in total. The van der Waals surface area contributed by atoms with E-state index in [4.69, 9.17) is 0 Å². The predicted octanol–water partition coefficient (Wildman–Crippen LogP) is 4.00. The molecule has 4 heteroatoms. The molecule has 0 aromatic heterocycles. The molecule has 0 fully saturated rings. The van der Waals surface area contributed by atoms with Gasteiger partial charge < -0.3 is 5.32 Å². The van der Waals surface area contributed by atoms with E-state index in [0.717, 1.165) is 6.07 Å². The third kappa shape index (κ3) is 3.39. The van der Waals surface area contributed by atoms with Crippen molar-refractivity contribution in [3.63, 3.8) is 0 Å². The van der Waals surface area contributed by atoms with Crippen molar-refractivity contribution in [2.24, 2.45) is 0 Å². The highest BCUT2D eigenvalue weighted by Gasteiger charge is 2.17. The summed E-state index contributed by atoms with van der Waals surface area (Å²) in [4.78, 5) is 0. The van der Waals surface area contributed by atoms with Crippen LogP contribution in [0, 0.1) is 17.5 Å². The van der Waals surface area contributed by atoms with Crippen LogP contribution in [0.5, 0.6) is 0 Å². The summed E-state index contributed by atoms with van der Waals surface area (Å²) in [6.07, 6.45) is 0.309. The Morgan fingerprint density at radius 3 is 2.40 bits per heavy atom. The van der Waals surface area contributed by atoms with Crippen molar-refractivity contribution in [1.29, 1.82) is 0 Å². The summed E-state index contributed by atoms with van der Waals surface area (Å²) in [6, 6.07) is 9.46. The Morgan fingerprint density at radius 2 is 1.75 bits per heavy atom. The minimum Gasteiger partial charge on any atom is -0.310 e. The summed E-state index contributed by atoms with van der Waals surface area (Å²) in [7, 11) is 0. The Hall–Kier alpha value is -1.81. The van der Waals surface area contributed by atoms with Crippen molar-refractivity contribution in [2.75, 3.05) is 6.54 Å². The first-order valence-electron chi connectivity index (χ1n) is 6.53. The Labute approximate surface area is 116 Å². The molecule has 0 spiro atoms. The fraction of sp³-hybridized carbons (Fsp3) is 0.250. The lowest BCUT2D eigenvalue weighted by Crippen LogP contribution is -2.24. The molecule has 0 saturated heterocycles. The number of benzene rings is 2. The zero-order valence-corrected chi connectivity index (χ0v) is 11.2. The van der Waals surface area contributed by atoms with Crippen molar-refractivity contribution in [3.05, 3.63) is 71.0 Å². The maximum atomic E-state index is 13.9. The maximum absolute atomic E-state index is 13.9. The van der Waals surface area contributed by atoms with Crippen LogP contribution in [0.25, 0.3) is 0 Å². The molecule has 1 atom stereocenters. The molecule has 0 radical (unpaired) electrons. The monoisotopic (exact) mass is 279 g/mol. The largest absolute Gasteiger partial charge is 0.310 e. The van der Waals surface area contributed by atoms with Crippen molar-refractivity contribution < 1.29 is 13.2 Å². The van der Waals surface area contributed by atoms with Crippen LogP contribution in [-0.4, -0.2) is 6.54 Å². The van der Waals surface area contributed by atoms with Gasteiger partial charge in [-0.2, -0.15) is 0 Å². The fourth-order valence-electron chi connectivity index (χ4n) is 2.21. The van der Waals surface area contributed by atoms with Gasteiger partial charge in [0.15, 0.2) is 0 Å². The smallest absolute Gasteiger partial charge is 0.130 e. The second-order valence-electron chi connectivity index (χ2n) is 4.57. The van der Waals surface area contributed by atoms with Gasteiger partial charge in [0.05, 0.1) is 0 Å². The normalized spacial score (nSPS) is 12.4. The molecule has 0 amide bonds. The van der Waals surface area contributed by atoms with Gasteiger partial charge in [-0.15, -0.1) is 0 Å². The lowest BCUT2D eigenvalue weighted by Gasteiger charge is -2.19.